The van der Waals surface area contributed by atoms with Crippen LogP contribution in [-0.4, -0.2) is 152 Å². The van der Waals surface area contributed by atoms with Crippen LogP contribution in [0.3, 0.4) is 0 Å². The smallest absolute Gasteiger partial charge is 0.259 e. The van der Waals surface area contributed by atoms with Crippen LogP contribution < -0.4 is 37.0 Å². The lowest BCUT2D eigenvalue weighted by atomic mass is 10.0. The van der Waals surface area contributed by atoms with Gasteiger partial charge in [0.25, 0.3) is 10.0 Å². The second-order valence-electron chi connectivity index (χ2n) is 16.1. The molecule has 3 atom stereocenters. The zero-order valence-electron chi connectivity index (χ0n) is 39.2. The number of ether oxygens (including phenoxy) is 3. The molecule has 25 heteroatoms. The molecular weight excluding hydrogens is 895 g/mol. The number of unbranched alkanes of at least 4 members (excludes halogenated alkanes) is 13. The number of rotatable bonds is 41. The van der Waals surface area contributed by atoms with E-state index in [0.29, 0.717) is 25.0 Å². The summed E-state index contributed by atoms with van der Waals surface area (Å²) in [5, 5.41) is 26.6. The summed E-state index contributed by atoms with van der Waals surface area (Å²) in [5.41, 5.74) is 6.27. The average Bonchev–Trinajstić information content (AvgIpc) is 4.03. The van der Waals surface area contributed by atoms with E-state index >= 15 is 0 Å². The lowest BCUT2D eigenvalue weighted by molar-refractivity contribution is -0.134. The number of hydrogen-bond donors (Lipinski definition) is 9. The highest BCUT2D eigenvalue weighted by molar-refractivity contribution is 7.89. The fourth-order valence-electron chi connectivity index (χ4n) is 6.69. The minimum atomic E-state index is -4.07. The number of aromatic amines is 2. The van der Waals surface area contributed by atoms with Crippen molar-refractivity contribution in [2.45, 2.75) is 147 Å². The fourth-order valence-corrected chi connectivity index (χ4v) is 7.50. The predicted octanol–water partition coefficient (Wildman–Crippen LogP) is 0.0882. The van der Waals surface area contributed by atoms with Gasteiger partial charge in [0.15, 0.2) is 5.94 Å². The van der Waals surface area contributed by atoms with Crippen LogP contribution in [0.25, 0.3) is 0 Å². The van der Waals surface area contributed by atoms with Crippen LogP contribution >= 0.6 is 0 Å². The van der Waals surface area contributed by atoms with Gasteiger partial charge in [0.2, 0.25) is 35.4 Å². The molecule has 24 nitrogen and oxygen atoms in total. The van der Waals surface area contributed by atoms with Crippen LogP contribution in [0.5, 0.6) is 0 Å². The largest absolute Gasteiger partial charge is 0.377 e. The Morgan fingerprint density at radius 1 is 0.716 bits per heavy atom. The minimum absolute atomic E-state index is 0.00189. The summed E-state index contributed by atoms with van der Waals surface area (Å²) in [6.45, 7) is 0.925. The number of amides is 6. The third-order valence-corrected chi connectivity index (χ3v) is 11.4. The van der Waals surface area contributed by atoms with Gasteiger partial charge >= 0.3 is 0 Å². The van der Waals surface area contributed by atoms with Crippen LogP contribution in [0.4, 0.5) is 0 Å². The van der Waals surface area contributed by atoms with Gasteiger partial charge in [-0.1, -0.05) is 90.4 Å². The number of tetrazole rings is 1. The van der Waals surface area contributed by atoms with Crippen molar-refractivity contribution in [3.63, 3.8) is 0 Å². The molecule has 0 aliphatic rings. The van der Waals surface area contributed by atoms with Crippen molar-refractivity contribution >= 4 is 45.5 Å². The van der Waals surface area contributed by atoms with Crippen LogP contribution in [0.2, 0.25) is 0 Å². The lowest BCUT2D eigenvalue weighted by Gasteiger charge is -2.24. The average molecular weight is 970 g/mol. The van der Waals surface area contributed by atoms with Crippen molar-refractivity contribution in [1.82, 2.24) is 61.9 Å². The van der Waals surface area contributed by atoms with Gasteiger partial charge in [0.05, 0.1) is 31.8 Å². The molecule has 0 saturated carbocycles. The Kier molecular flexibility index (Phi) is 31.2. The number of nitrogens with one attached hydrogen (secondary N) is 8. The number of hydrogen-bond acceptors (Lipinski definition) is 16. The maximum Gasteiger partial charge on any atom is 0.259 e. The minimum Gasteiger partial charge on any atom is -0.377 e. The molecule has 0 unspecified atom stereocenters. The van der Waals surface area contributed by atoms with Crippen LogP contribution in [0.15, 0.2) is 12.5 Å². The SMILES string of the molecule is CCCC[C@H](NC(=O)[C@H](CN)NC(=O)[C@H](Cc1c[nH]cn1)NC(=O)COCCOCCNC(=O)COCS(=O)(=O)NC(=O)CCCCCCCCCCCCCCCc1nnn[nH]1)C(=O)NC. The van der Waals surface area contributed by atoms with E-state index in [9.17, 15) is 37.2 Å². The first-order valence-electron chi connectivity index (χ1n) is 23.4. The number of sulfonamides is 1. The topological polar surface area (TPSA) is 346 Å². The van der Waals surface area contributed by atoms with Crippen molar-refractivity contribution in [3.8, 4) is 0 Å². The molecule has 2 aromatic rings. The van der Waals surface area contributed by atoms with Crippen molar-refractivity contribution in [1.29, 1.82) is 0 Å². The molecule has 2 heterocycles. The van der Waals surface area contributed by atoms with E-state index in [-0.39, 0.29) is 51.7 Å². The molecule has 0 radical (unpaired) electrons. The highest BCUT2D eigenvalue weighted by atomic mass is 32.2. The number of nitrogens with two attached hydrogens (primary N) is 1. The highest BCUT2D eigenvalue weighted by Gasteiger charge is 2.29. The number of imidazole rings is 1. The molecule has 0 aliphatic carbocycles. The number of aryl methyl sites for hydroxylation is 1. The molecule has 0 bridgehead atoms. The Balaban J connectivity index is 1.51. The maximum atomic E-state index is 13.3. The quantitative estimate of drug-likeness (QED) is 0.0399. The summed E-state index contributed by atoms with van der Waals surface area (Å²) in [5.74, 6) is -3.56. The first kappa shape index (κ1) is 58.0. The monoisotopic (exact) mass is 970 g/mol. The Labute approximate surface area is 393 Å². The molecular formula is C42H75N13O11S. The predicted molar refractivity (Wildman–Crippen MR) is 246 cm³/mol. The van der Waals surface area contributed by atoms with Gasteiger partial charge in [-0.05, 0) is 29.7 Å². The number of carbonyl (C=O) groups excluding carboxylic acids is 6. The van der Waals surface area contributed by atoms with E-state index in [1.807, 2.05) is 11.6 Å². The van der Waals surface area contributed by atoms with Gasteiger partial charge < -0.3 is 51.5 Å². The number of H-pyrrole nitrogens is 2. The molecule has 2 rings (SSSR count). The molecule has 6 amide bonds. The first-order valence-corrected chi connectivity index (χ1v) is 25.1. The zero-order chi connectivity index (χ0) is 49.0. The molecule has 10 N–H and O–H groups in total. The Hall–Kier alpha value is -5.11. The van der Waals surface area contributed by atoms with Gasteiger partial charge in [0.1, 0.15) is 37.2 Å². The molecule has 67 heavy (non-hydrogen) atoms. The third-order valence-electron chi connectivity index (χ3n) is 10.3. The number of likely N-dealkylation sites (N-methyl/N-ethyl adjacent to an activating group) is 1. The van der Waals surface area contributed by atoms with Gasteiger partial charge in [-0.2, -0.15) is 0 Å². The first-order chi connectivity index (χ1) is 32.4. The van der Waals surface area contributed by atoms with Crippen LogP contribution in [0, 0.1) is 0 Å². The summed E-state index contributed by atoms with van der Waals surface area (Å²) in [7, 11) is -2.61. The molecule has 2 aromatic heterocycles. The summed E-state index contributed by atoms with van der Waals surface area (Å²) in [4.78, 5) is 82.4. The van der Waals surface area contributed by atoms with Crippen molar-refractivity contribution in [2.24, 2.45) is 5.73 Å². The van der Waals surface area contributed by atoms with E-state index < -0.39 is 76.8 Å². The Bertz CT molecular complexity index is 1790. The second kappa shape index (κ2) is 36.0. The summed E-state index contributed by atoms with van der Waals surface area (Å²) in [6.07, 6.45) is 20.1. The van der Waals surface area contributed by atoms with E-state index in [2.05, 4.69) is 57.2 Å². The van der Waals surface area contributed by atoms with Gasteiger partial charge in [-0.25, -0.2) is 18.5 Å². The molecule has 0 aliphatic heterocycles. The fraction of sp³-hybridized carbons (Fsp3) is 0.762. The van der Waals surface area contributed by atoms with E-state index in [1.54, 1.807) is 6.20 Å². The second-order valence-corrected chi connectivity index (χ2v) is 17.7. The molecule has 0 spiro atoms. The van der Waals surface area contributed by atoms with Crippen LogP contribution in [0.1, 0.15) is 128 Å². The Morgan fingerprint density at radius 3 is 1.96 bits per heavy atom. The van der Waals surface area contributed by atoms with Crippen molar-refractivity contribution in [3.05, 3.63) is 24.0 Å². The molecule has 0 aromatic carbocycles. The summed E-state index contributed by atoms with van der Waals surface area (Å²) >= 11 is 0. The number of carbonyl (C=O) groups is 6. The third kappa shape index (κ3) is 28.6. The standard InChI is InChI=1S/C42H75N13O11S/c1-3-4-18-33(40(59)44-2)49-42(61)35(26-43)50-41(60)34(25-32-27-45-30-47-32)48-39(58)29-65-24-23-64-22-21-46-38(57)28-66-31-67(62,63)53-37(56)20-17-15-13-11-9-7-5-6-8-10-12-14-16-19-36-51-54-55-52-36/h27,30,33-35H,3-26,28-29,31,43H2,1-2H3,(H,44,59)(H,45,47)(H,46,57)(H,48,58)(H,49,61)(H,50,60)(H,53,56)(H,51,52,54,55)/t33-,34-,35-/m0/s1. The molecule has 0 fully saturated rings. The van der Waals surface area contributed by atoms with E-state index in [0.717, 1.165) is 50.8 Å². The van der Waals surface area contributed by atoms with Crippen molar-refractivity contribution < 1.29 is 51.4 Å². The van der Waals surface area contributed by atoms with Gasteiger partial charge in [-0.15, -0.1) is 5.10 Å². The molecule has 380 valence electrons. The lowest BCUT2D eigenvalue weighted by Crippen LogP contribution is -2.59. The number of aromatic nitrogens is 6. The van der Waals surface area contributed by atoms with E-state index in [4.69, 9.17) is 19.9 Å². The molecule has 0 saturated heterocycles. The summed E-state index contributed by atoms with van der Waals surface area (Å²) in [6, 6.07) is -3.14. The highest BCUT2D eigenvalue weighted by Crippen LogP contribution is 2.14. The van der Waals surface area contributed by atoms with Crippen LogP contribution in [-0.2, 0) is 65.8 Å². The van der Waals surface area contributed by atoms with Gasteiger partial charge in [0, 0.05) is 45.6 Å². The van der Waals surface area contributed by atoms with Gasteiger partial charge in [-0.3, -0.25) is 33.5 Å². The van der Waals surface area contributed by atoms with E-state index in [1.165, 1.54) is 58.3 Å². The van der Waals surface area contributed by atoms with Crippen molar-refractivity contribution in [2.75, 3.05) is 59.1 Å². The summed E-state index contributed by atoms with van der Waals surface area (Å²) < 4.78 is 42.2. The zero-order valence-corrected chi connectivity index (χ0v) is 40.1. The number of nitrogens with zero attached hydrogens (tertiary/aromatic N) is 4. The normalized spacial score (nSPS) is 12.7. The maximum absolute atomic E-state index is 13.3. The Morgan fingerprint density at radius 2 is 1.34 bits per heavy atom.